The smallest absolute Gasteiger partial charge is 0.00510 e. The van der Waals surface area contributed by atoms with Gasteiger partial charge in [0, 0.05) is 6.04 Å². The summed E-state index contributed by atoms with van der Waals surface area (Å²) in [5.41, 5.74) is 12.7. The summed E-state index contributed by atoms with van der Waals surface area (Å²) < 4.78 is 0. The fourth-order valence-corrected chi connectivity index (χ4v) is 3.57. The van der Waals surface area contributed by atoms with Crippen molar-refractivity contribution < 1.29 is 0 Å². The lowest BCUT2D eigenvalue weighted by Crippen LogP contribution is -2.34. The third-order valence-corrected chi connectivity index (χ3v) is 5.10. The van der Waals surface area contributed by atoms with Crippen LogP contribution in [0.5, 0.6) is 0 Å². The summed E-state index contributed by atoms with van der Waals surface area (Å²) in [4.78, 5) is 0. The maximum absolute atomic E-state index is 6.04. The molecule has 0 fully saturated rings. The van der Waals surface area contributed by atoms with Crippen molar-refractivity contribution in [2.75, 3.05) is 0 Å². The van der Waals surface area contributed by atoms with Gasteiger partial charge in [-0.15, -0.1) is 0 Å². The lowest BCUT2D eigenvalue weighted by molar-refractivity contribution is 0.331. The molecule has 1 heteroatoms. The Labute approximate surface area is 125 Å². The van der Waals surface area contributed by atoms with Gasteiger partial charge in [-0.25, -0.2) is 0 Å². The highest BCUT2D eigenvalue weighted by molar-refractivity contribution is 5.47. The molecule has 0 heterocycles. The van der Waals surface area contributed by atoms with Crippen molar-refractivity contribution in [1.82, 2.24) is 0 Å². The van der Waals surface area contributed by atoms with Crippen LogP contribution in [0.25, 0.3) is 0 Å². The minimum Gasteiger partial charge on any atom is -0.328 e. The maximum Gasteiger partial charge on any atom is 0.00510 e. The van der Waals surface area contributed by atoms with Gasteiger partial charge in [0.1, 0.15) is 0 Å². The highest BCUT2D eigenvalue weighted by Crippen LogP contribution is 2.46. The zero-order chi connectivity index (χ0) is 15.1. The first-order chi connectivity index (χ1) is 9.17. The number of fused-ring (bicyclic) bond motifs is 1. The van der Waals surface area contributed by atoms with Crippen LogP contribution in [0.4, 0.5) is 0 Å². The lowest BCUT2D eigenvalue weighted by Gasteiger charge is -2.42. The van der Waals surface area contributed by atoms with E-state index in [0.29, 0.717) is 10.8 Å². The molecular formula is C19H31N. The first-order valence-corrected chi connectivity index (χ1v) is 8.09. The van der Waals surface area contributed by atoms with E-state index < -0.39 is 0 Å². The van der Waals surface area contributed by atoms with Gasteiger partial charge in [-0.05, 0) is 65.7 Å². The van der Waals surface area contributed by atoms with Crippen molar-refractivity contribution in [2.45, 2.75) is 84.1 Å². The molecule has 1 atom stereocenters. The predicted molar refractivity (Wildman–Crippen MR) is 88.5 cm³/mol. The van der Waals surface area contributed by atoms with E-state index in [1.807, 2.05) is 0 Å². The Morgan fingerprint density at radius 3 is 1.85 bits per heavy atom. The normalized spacial score (nSPS) is 21.4. The average molecular weight is 273 g/mol. The molecule has 20 heavy (non-hydrogen) atoms. The van der Waals surface area contributed by atoms with Crippen LogP contribution in [0.2, 0.25) is 0 Å². The number of hydrogen-bond acceptors (Lipinski definition) is 1. The van der Waals surface area contributed by atoms with Gasteiger partial charge in [0.25, 0.3) is 0 Å². The first-order valence-electron chi connectivity index (χ1n) is 8.09. The Kier molecular flexibility index (Phi) is 4.03. The molecule has 112 valence electrons. The molecule has 0 amide bonds. The minimum atomic E-state index is 0.234. The topological polar surface area (TPSA) is 26.0 Å². The van der Waals surface area contributed by atoms with E-state index in [4.69, 9.17) is 5.73 Å². The van der Waals surface area contributed by atoms with Gasteiger partial charge < -0.3 is 5.73 Å². The molecule has 0 saturated heterocycles. The fourth-order valence-electron chi connectivity index (χ4n) is 3.57. The van der Waals surface area contributed by atoms with Crippen LogP contribution in [0.15, 0.2) is 12.1 Å². The van der Waals surface area contributed by atoms with E-state index in [0.717, 1.165) is 12.8 Å². The number of rotatable bonds is 3. The van der Waals surface area contributed by atoms with Gasteiger partial charge in [-0.2, -0.15) is 0 Å². The zero-order valence-corrected chi connectivity index (χ0v) is 14.1. The summed E-state index contributed by atoms with van der Waals surface area (Å²) in [7, 11) is 0. The molecule has 0 radical (unpaired) electrons. The van der Waals surface area contributed by atoms with Crippen molar-refractivity contribution >= 4 is 0 Å². The molecule has 0 spiro atoms. The molecule has 1 aromatic carbocycles. The van der Waals surface area contributed by atoms with Crippen LogP contribution in [0, 0.1) is 0 Å². The van der Waals surface area contributed by atoms with Crippen LogP contribution < -0.4 is 5.73 Å². The summed E-state index contributed by atoms with van der Waals surface area (Å²) in [5, 5.41) is 0. The third kappa shape index (κ3) is 2.79. The second-order valence-corrected chi connectivity index (χ2v) is 7.97. The van der Waals surface area contributed by atoms with E-state index in [2.05, 4.69) is 53.7 Å². The largest absolute Gasteiger partial charge is 0.328 e. The molecule has 2 rings (SSSR count). The molecule has 0 aliphatic heterocycles. The highest BCUT2D eigenvalue weighted by atomic mass is 14.6. The summed E-state index contributed by atoms with van der Waals surface area (Å²) in [6, 6.07) is 5.19. The van der Waals surface area contributed by atoms with Crippen molar-refractivity contribution in [3.05, 3.63) is 34.4 Å². The van der Waals surface area contributed by atoms with Crippen molar-refractivity contribution in [3.63, 3.8) is 0 Å². The number of hydrogen-bond donors (Lipinski definition) is 1. The maximum atomic E-state index is 6.04. The molecule has 1 nitrogen and oxygen atoms in total. The molecule has 1 aromatic rings. The second-order valence-electron chi connectivity index (χ2n) is 7.97. The number of aryl methyl sites for hydroxylation is 1. The number of nitrogens with two attached hydrogens (primary N) is 1. The highest BCUT2D eigenvalue weighted by Gasteiger charge is 2.37. The lowest BCUT2D eigenvalue weighted by atomic mass is 9.62. The van der Waals surface area contributed by atoms with Gasteiger partial charge in [0.15, 0.2) is 0 Å². The molecule has 2 N–H and O–H groups in total. The van der Waals surface area contributed by atoms with E-state index in [1.54, 1.807) is 11.1 Å². The molecular weight excluding hydrogens is 242 g/mol. The standard InChI is InChI=1S/C19H31N/c1-7-14-11-16-17(12-15(14)10-13(2)20)19(5,6)9-8-18(16,3)4/h11-13H,7-10,20H2,1-6H3. The first kappa shape index (κ1) is 15.6. The SMILES string of the molecule is CCc1cc2c(cc1CC(C)N)C(C)(C)CCC2(C)C. The summed E-state index contributed by atoms with van der Waals surface area (Å²) in [6.45, 7) is 13.9. The molecule has 1 unspecified atom stereocenters. The van der Waals surface area contributed by atoms with Crippen molar-refractivity contribution in [2.24, 2.45) is 5.73 Å². The zero-order valence-electron chi connectivity index (χ0n) is 14.1. The second kappa shape index (κ2) is 5.18. The van der Waals surface area contributed by atoms with Crippen molar-refractivity contribution in [3.8, 4) is 0 Å². The molecule has 1 aliphatic rings. The third-order valence-electron chi connectivity index (χ3n) is 5.10. The number of benzene rings is 1. The average Bonchev–Trinajstić information content (AvgIpc) is 2.34. The predicted octanol–water partition coefficient (Wildman–Crippen LogP) is 4.49. The quantitative estimate of drug-likeness (QED) is 0.863. The van der Waals surface area contributed by atoms with Gasteiger partial charge in [-0.3, -0.25) is 0 Å². The molecule has 0 saturated carbocycles. The van der Waals surface area contributed by atoms with Gasteiger partial charge in [-0.1, -0.05) is 46.8 Å². The van der Waals surface area contributed by atoms with E-state index in [-0.39, 0.29) is 6.04 Å². The van der Waals surface area contributed by atoms with Crippen LogP contribution in [0.1, 0.15) is 76.6 Å². The Morgan fingerprint density at radius 1 is 1.00 bits per heavy atom. The van der Waals surface area contributed by atoms with Gasteiger partial charge in [0.2, 0.25) is 0 Å². The summed E-state index contributed by atoms with van der Waals surface area (Å²) in [6.07, 6.45) is 4.65. The van der Waals surface area contributed by atoms with E-state index in [1.165, 1.54) is 24.0 Å². The van der Waals surface area contributed by atoms with Gasteiger partial charge in [0.05, 0.1) is 0 Å². The van der Waals surface area contributed by atoms with Gasteiger partial charge >= 0.3 is 0 Å². The summed E-state index contributed by atoms with van der Waals surface area (Å²) in [5.74, 6) is 0. The molecule has 1 aliphatic carbocycles. The van der Waals surface area contributed by atoms with Crippen LogP contribution >= 0.6 is 0 Å². The van der Waals surface area contributed by atoms with Crippen LogP contribution in [-0.2, 0) is 23.7 Å². The Hall–Kier alpha value is -0.820. The van der Waals surface area contributed by atoms with Crippen LogP contribution in [0.3, 0.4) is 0 Å². The fraction of sp³-hybridized carbons (Fsp3) is 0.684. The van der Waals surface area contributed by atoms with Crippen LogP contribution in [-0.4, -0.2) is 6.04 Å². The van der Waals surface area contributed by atoms with E-state index >= 15 is 0 Å². The monoisotopic (exact) mass is 273 g/mol. The Morgan fingerprint density at radius 2 is 1.45 bits per heavy atom. The van der Waals surface area contributed by atoms with E-state index in [9.17, 15) is 0 Å². The molecule has 0 bridgehead atoms. The molecule has 0 aromatic heterocycles. The Bertz CT molecular complexity index is 495. The van der Waals surface area contributed by atoms with Crippen molar-refractivity contribution in [1.29, 1.82) is 0 Å². The minimum absolute atomic E-state index is 0.234. The Balaban J connectivity index is 2.61. The summed E-state index contributed by atoms with van der Waals surface area (Å²) >= 11 is 0.